The molecule has 0 N–H and O–H groups in total. The van der Waals surface area contributed by atoms with Crippen LogP contribution in [0.2, 0.25) is 5.02 Å². The van der Waals surface area contributed by atoms with Gasteiger partial charge in [0, 0.05) is 24.5 Å². The van der Waals surface area contributed by atoms with Crippen LogP contribution in [0.4, 0.5) is 0 Å². The number of likely N-dealkylation sites (tertiary alicyclic amines) is 1. The van der Waals surface area contributed by atoms with Crippen molar-refractivity contribution >= 4 is 29.2 Å². The van der Waals surface area contributed by atoms with Crippen molar-refractivity contribution in [3.8, 4) is 0 Å². The Balaban J connectivity index is 1.86. The fraction of sp³-hybridized carbons (Fsp3) is 0.593. The maximum absolute atomic E-state index is 13.0. The largest absolute Gasteiger partial charge is 0.462 e. The predicted molar refractivity (Wildman–Crippen MR) is 136 cm³/mol. The summed E-state index contributed by atoms with van der Waals surface area (Å²) in [5.74, 6) is -0.0295. The van der Waals surface area contributed by atoms with Gasteiger partial charge in [0.05, 0.1) is 17.9 Å². The molecule has 2 aliphatic heterocycles. The number of carbonyl (C=O) groups is 2. The highest BCUT2D eigenvalue weighted by Crippen LogP contribution is 2.30. The van der Waals surface area contributed by atoms with E-state index in [2.05, 4.69) is 24.2 Å². The van der Waals surface area contributed by atoms with E-state index in [-0.39, 0.29) is 18.5 Å². The van der Waals surface area contributed by atoms with Crippen LogP contribution in [0.3, 0.4) is 0 Å². The first-order chi connectivity index (χ1) is 16.4. The van der Waals surface area contributed by atoms with Crippen LogP contribution in [-0.2, 0) is 20.8 Å². The molecule has 0 saturated carbocycles. The molecule has 1 unspecified atom stereocenters. The molecule has 0 aliphatic carbocycles. The van der Waals surface area contributed by atoms with Crippen LogP contribution >= 0.6 is 11.6 Å². The summed E-state index contributed by atoms with van der Waals surface area (Å²) < 4.78 is 5.56. The Morgan fingerprint density at radius 2 is 1.91 bits per heavy atom. The van der Waals surface area contributed by atoms with E-state index >= 15 is 0 Å². The van der Waals surface area contributed by atoms with Gasteiger partial charge in [-0.3, -0.25) is 4.79 Å². The van der Waals surface area contributed by atoms with Crippen molar-refractivity contribution in [3.63, 3.8) is 0 Å². The van der Waals surface area contributed by atoms with Gasteiger partial charge in [-0.15, -0.1) is 0 Å². The lowest BCUT2D eigenvalue weighted by molar-refractivity contribution is -0.137. The number of aryl methyl sites for hydroxylation is 2. The van der Waals surface area contributed by atoms with Gasteiger partial charge in [-0.2, -0.15) is 0 Å². The number of allylic oxidation sites excluding steroid dienone is 1. The number of ether oxygens (including phenoxy) is 1. The molecule has 2 heterocycles. The van der Waals surface area contributed by atoms with E-state index in [9.17, 15) is 9.59 Å². The number of hydrogen-bond donors (Lipinski definition) is 0. The number of fused-ring (bicyclic) bond motifs is 1. The van der Waals surface area contributed by atoms with Crippen molar-refractivity contribution in [2.75, 3.05) is 26.3 Å². The topological polar surface area (TPSA) is 68.2 Å². The number of piperidine rings is 1. The molecular formula is C27H37ClN2O4. The van der Waals surface area contributed by atoms with E-state index in [1.807, 2.05) is 24.8 Å². The summed E-state index contributed by atoms with van der Waals surface area (Å²) in [5.41, 5.74) is 3.73. The zero-order valence-electron chi connectivity index (χ0n) is 20.7. The summed E-state index contributed by atoms with van der Waals surface area (Å²) in [5, 5.41) is 4.95. The Kier molecular flexibility index (Phi) is 10.00. The zero-order valence-corrected chi connectivity index (χ0v) is 21.5. The van der Waals surface area contributed by atoms with Gasteiger partial charge in [0.2, 0.25) is 0 Å². The third-order valence-electron chi connectivity index (χ3n) is 6.51. The van der Waals surface area contributed by atoms with Gasteiger partial charge in [0.15, 0.2) is 6.61 Å². The number of hydrogen-bond acceptors (Lipinski definition) is 5. The molecule has 2 aliphatic rings. The van der Waals surface area contributed by atoms with Gasteiger partial charge in [-0.25, -0.2) is 4.79 Å². The highest BCUT2D eigenvalue weighted by Gasteiger charge is 2.23. The molecule has 0 aromatic heterocycles. The minimum atomic E-state index is -0.367. The molecule has 186 valence electrons. The molecule has 0 bridgehead atoms. The summed E-state index contributed by atoms with van der Waals surface area (Å²) in [6.45, 7) is 7.85. The van der Waals surface area contributed by atoms with Crippen LogP contribution < -0.4 is 0 Å². The quantitative estimate of drug-likeness (QED) is 0.306. The summed E-state index contributed by atoms with van der Waals surface area (Å²) in [6.07, 6.45) is 11.2. The average molecular weight is 489 g/mol. The fourth-order valence-corrected chi connectivity index (χ4v) is 4.88. The highest BCUT2D eigenvalue weighted by atomic mass is 35.5. The van der Waals surface area contributed by atoms with Crippen LogP contribution in [0, 0.1) is 19.8 Å². The molecule has 0 radical (unpaired) electrons. The Hall–Kier alpha value is -2.34. The SMILES string of the molecule is Cc1cc(C)c2c(c1Cl)C/C(=N\OCC(=O)N1CCCCC1)CC(C)CC/C=C/CCOC2=O. The molecule has 1 amide bonds. The molecule has 1 fully saturated rings. The lowest BCUT2D eigenvalue weighted by atomic mass is 9.91. The van der Waals surface area contributed by atoms with Gasteiger partial charge in [-0.05, 0) is 81.4 Å². The second-order valence-corrected chi connectivity index (χ2v) is 9.89. The van der Waals surface area contributed by atoms with E-state index < -0.39 is 0 Å². The number of rotatable bonds is 3. The van der Waals surface area contributed by atoms with Crippen molar-refractivity contribution < 1.29 is 19.2 Å². The molecule has 1 aromatic carbocycles. The first-order valence-corrected chi connectivity index (χ1v) is 12.8. The van der Waals surface area contributed by atoms with Crippen LogP contribution in [-0.4, -0.2) is 48.8 Å². The smallest absolute Gasteiger partial charge is 0.338 e. The summed E-state index contributed by atoms with van der Waals surface area (Å²) >= 11 is 6.71. The molecule has 6 nitrogen and oxygen atoms in total. The molecule has 34 heavy (non-hydrogen) atoms. The third kappa shape index (κ3) is 7.33. The number of carbonyl (C=O) groups excluding carboxylic acids is 2. The van der Waals surface area contributed by atoms with Crippen LogP contribution in [0.5, 0.6) is 0 Å². The molecule has 1 saturated heterocycles. The molecule has 1 aromatic rings. The second-order valence-electron chi connectivity index (χ2n) is 9.51. The van der Waals surface area contributed by atoms with E-state index in [0.29, 0.717) is 47.9 Å². The number of oxime groups is 1. The summed E-state index contributed by atoms with van der Waals surface area (Å²) in [6, 6.07) is 1.92. The Bertz CT molecular complexity index is 935. The van der Waals surface area contributed by atoms with Crippen molar-refractivity contribution in [3.05, 3.63) is 45.5 Å². The van der Waals surface area contributed by atoms with Gasteiger partial charge >= 0.3 is 5.97 Å². The number of amides is 1. The van der Waals surface area contributed by atoms with Crippen LogP contribution in [0.15, 0.2) is 23.4 Å². The number of cyclic esters (lactones) is 1. The van der Waals surface area contributed by atoms with Crippen molar-refractivity contribution in [2.45, 2.75) is 72.1 Å². The highest BCUT2D eigenvalue weighted by molar-refractivity contribution is 6.33. The Morgan fingerprint density at radius 1 is 1.18 bits per heavy atom. The standard InChI is InChI=1S/C27H37ClN2O4/c1-19-11-7-4-5-10-14-33-27(32)25-20(2)16-21(3)26(28)23(25)17-22(15-19)29-34-18-24(31)30-12-8-6-9-13-30/h4-5,16,19H,6-15,17-18H2,1-3H3/b5-4+,29-22-. The second kappa shape index (κ2) is 12.9. The summed E-state index contributed by atoms with van der Waals surface area (Å²) in [7, 11) is 0. The fourth-order valence-electron chi connectivity index (χ4n) is 4.67. The molecular weight excluding hydrogens is 452 g/mol. The van der Waals surface area contributed by atoms with Gasteiger partial charge < -0.3 is 14.5 Å². The maximum Gasteiger partial charge on any atom is 0.338 e. The Morgan fingerprint density at radius 3 is 2.68 bits per heavy atom. The minimum Gasteiger partial charge on any atom is -0.462 e. The lowest BCUT2D eigenvalue weighted by Gasteiger charge is -2.26. The molecule has 1 atom stereocenters. The third-order valence-corrected chi connectivity index (χ3v) is 7.04. The summed E-state index contributed by atoms with van der Waals surface area (Å²) in [4.78, 5) is 32.9. The first kappa shape index (κ1) is 26.3. The van der Waals surface area contributed by atoms with E-state index in [1.165, 1.54) is 6.42 Å². The average Bonchev–Trinajstić information content (AvgIpc) is 2.81. The van der Waals surface area contributed by atoms with Crippen LogP contribution in [0.25, 0.3) is 0 Å². The monoisotopic (exact) mass is 488 g/mol. The van der Waals surface area contributed by atoms with Crippen molar-refractivity contribution in [2.24, 2.45) is 11.1 Å². The van der Waals surface area contributed by atoms with Crippen molar-refractivity contribution in [1.82, 2.24) is 4.90 Å². The van der Waals surface area contributed by atoms with Gasteiger partial charge in [0.25, 0.3) is 5.91 Å². The minimum absolute atomic E-state index is 0.0307. The van der Waals surface area contributed by atoms with Crippen molar-refractivity contribution in [1.29, 1.82) is 0 Å². The zero-order chi connectivity index (χ0) is 24.5. The molecule has 3 rings (SSSR count). The number of esters is 1. The number of benzene rings is 1. The van der Waals surface area contributed by atoms with Gasteiger partial charge in [-0.1, -0.05) is 41.9 Å². The number of nitrogens with zero attached hydrogens (tertiary/aromatic N) is 2. The Labute approximate surface area is 208 Å². The lowest BCUT2D eigenvalue weighted by Crippen LogP contribution is -2.37. The molecule has 7 heteroatoms. The molecule has 0 spiro atoms. The van der Waals surface area contributed by atoms with Crippen LogP contribution in [0.1, 0.15) is 78.9 Å². The predicted octanol–water partition coefficient (Wildman–Crippen LogP) is 5.81. The normalized spacial score (nSPS) is 22.5. The van der Waals surface area contributed by atoms with Gasteiger partial charge in [0.1, 0.15) is 0 Å². The first-order valence-electron chi connectivity index (χ1n) is 12.4. The van der Waals surface area contributed by atoms with E-state index in [1.54, 1.807) is 0 Å². The van der Waals surface area contributed by atoms with E-state index in [0.717, 1.165) is 55.6 Å². The van der Waals surface area contributed by atoms with E-state index in [4.69, 9.17) is 21.2 Å². The maximum atomic E-state index is 13.0. The number of halogens is 1.